The minimum Gasteiger partial charge on any atom is -0.381 e. The molecule has 0 aromatic heterocycles. The first-order chi connectivity index (χ1) is 5.75. The Kier molecular flexibility index (Phi) is 4.68. The Morgan fingerprint density at radius 1 is 1.58 bits per heavy atom. The Labute approximate surface area is 82.9 Å². The molecule has 3 atom stereocenters. The monoisotopic (exact) mass is 204 g/mol. The van der Waals surface area contributed by atoms with Crippen molar-refractivity contribution in [2.24, 2.45) is 0 Å². The quantitative estimate of drug-likeness (QED) is 0.548. The van der Waals surface area contributed by atoms with Crippen molar-refractivity contribution in [2.75, 3.05) is 6.61 Å². The Balaban J connectivity index is 2.36. The van der Waals surface area contributed by atoms with Gasteiger partial charge < -0.3 is 4.74 Å². The van der Waals surface area contributed by atoms with Crippen LogP contribution in [0.4, 0.5) is 0 Å². The summed E-state index contributed by atoms with van der Waals surface area (Å²) in [5.74, 6) is 0. The molecule has 1 aliphatic heterocycles. The van der Waals surface area contributed by atoms with Crippen LogP contribution >= 0.6 is 12.6 Å². The molecular weight excluding hydrogens is 184 g/mol. The number of thiol groups is 1. The largest absolute Gasteiger partial charge is 0.381 e. The molecule has 0 amide bonds. The normalized spacial score (nSPS) is 33.2. The number of hydrogen-bond acceptors (Lipinski definition) is 2. The number of rotatable bonds is 3. The van der Waals surface area contributed by atoms with Crippen LogP contribution in [-0.4, -0.2) is 26.4 Å². The van der Waals surface area contributed by atoms with Crippen molar-refractivity contribution in [3.8, 4) is 0 Å². The van der Waals surface area contributed by atoms with E-state index >= 15 is 0 Å². The van der Waals surface area contributed by atoms with Crippen molar-refractivity contribution >= 4 is 21.4 Å². The van der Waals surface area contributed by atoms with E-state index in [0.29, 0.717) is 11.0 Å². The van der Waals surface area contributed by atoms with Crippen molar-refractivity contribution in [2.45, 2.75) is 49.8 Å². The molecule has 1 aliphatic rings. The molecule has 72 valence electrons. The van der Waals surface area contributed by atoms with Crippen LogP contribution in [0.15, 0.2) is 0 Å². The van der Waals surface area contributed by atoms with Gasteiger partial charge in [-0.3, -0.25) is 0 Å². The first kappa shape index (κ1) is 10.6. The van der Waals surface area contributed by atoms with E-state index in [2.05, 4.69) is 26.1 Å². The summed E-state index contributed by atoms with van der Waals surface area (Å²) in [6.07, 6.45) is 3.78. The SMILES string of the molecule is CCC[SiH](C)C1OCCCC1S. The second-order valence-electron chi connectivity index (χ2n) is 3.81. The summed E-state index contributed by atoms with van der Waals surface area (Å²) < 4.78 is 5.79. The molecule has 0 aromatic rings. The summed E-state index contributed by atoms with van der Waals surface area (Å²) in [5.41, 5.74) is 0.544. The smallest absolute Gasteiger partial charge is 0.0700 e. The minimum atomic E-state index is -0.640. The molecule has 0 N–H and O–H groups in total. The molecule has 1 rings (SSSR count). The van der Waals surface area contributed by atoms with Crippen LogP contribution in [0.2, 0.25) is 12.6 Å². The molecule has 1 fully saturated rings. The fourth-order valence-electron chi connectivity index (χ4n) is 1.95. The van der Waals surface area contributed by atoms with Gasteiger partial charge in [0.25, 0.3) is 0 Å². The fraction of sp³-hybridized carbons (Fsp3) is 1.00. The van der Waals surface area contributed by atoms with Crippen LogP contribution in [0.25, 0.3) is 0 Å². The number of ether oxygens (including phenoxy) is 1. The van der Waals surface area contributed by atoms with Crippen LogP contribution in [0.3, 0.4) is 0 Å². The molecule has 3 unspecified atom stereocenters. The van der Waals surface area contributed by atoms with Crippen LogP contribution < -0.4 is 0 Å². The van der Waals surface area contributed by atoms with Gasteiger partial charge >= 0.3 is 0 Å². The Bertz CT molecular complexity index is 132. The average molecular weight is 204 g/mol. The first-order valence-corrected chi connectivity index (χ1v) is 8.20. The van der Waals surface area contributed by atoms with Gasteiger partial charge in [0, 0.05) is 11.9 Å². The van der Waals surface area contributed by atoms with E-state index in [-0.39, 0.29) is 0 Å². The van der Waals surface area contributed by atoms with Gasteiger partial charge in [0.2, 0.25) is 0 Å². The highest BCUT2D eigenvalue weighted by molar-refractivity contribution is 7.81. The molecule has 0 spiro atoms. The zero-order chi connectivity index (χ0) is 8.97. The Hall–Kier alpha value is 0.527. The van der Waals surface area contributed by atoms with Gasteiger partial charge in [-0.2, -0.15) is 12.6 Å². The third kappa shape index (κ3) is 2.78. The molecule has 12 heavy (non-hydrogen) atoms. The molecule has 0 radical (unpaired) electrons. The van der Waals surface area contributed by atoms with Gasteiger partial charge in [-0.05, 0) is 12.8 Å². The molecule has 0 saturated carbocycles. The van der Waals surface area contributed by atoms with Crippen molar-refractivity contribution < 1.29 is 4.74 Å². The zero-order valence-electron chi connectivity index (χ0n) is 8.12. The van der Waals surface area contributed by atoms with E-state index in [1.807, 2.05) is 0 Å². The highest BCUT2D eigenvalue weighted by Gasteiger charge is 2.28. The van der Waals surface area contributed by atoms with Crippen molar-refractivity contribution in [1.82, 2.24) is 0 Å². The molecule has 0 aromatic carbocycles. The average Bonchev–Trinajstić information content (AvgIpc) is 2.05. The summed E-state index contributed by atoms with van der Waals surface area (Å²) in [4.78, 5) is 0. The van der Waals surface area contributed by atoms with E-state index in [1.165, 1.54) is 25.3 Å². The molecule has 1 nitrogen and oxygen atoms in total. The molecule has 1 heterocycles. The maximum absolute atomic E-state index is 5.79. The van der Waals surface area contributed by atoms with Crippen LogP contribution in [-0.2, 0) is 4.74 Å². The Morgan fingerprint density at radius 3 is 2.92 bits per heavy atom. The van der Waals surface area contributed by atoms with Crippen LogP contribution in [0, 0.1) is 0 Å². The van der Waals surface area contributed by atoms with E-state index in [9.17, 15) is 0 Å². The molecule has 0 bridgehead atoms. The Morgan fingerprint density at radius 2 is 2.33 bits per heavy atom. The van der Waals surface area contributed by atoms with Crippen molar-refractivity contribution in [1.29, 1.82) is 0 Å². The van der Waals surface area contributed by atoms with Gasteiger partial charge in [-0.1, -0.05) is 25.9 Å². The van der Waals surface area contributed by atoms with Gasteiger partial charge in [-0.25, -0.2) is 0 Å². The maximum atomic E-state index is 5.79. The van der Waals surface area contributed by atoms with Gasteiger partial charge in [-0.15, -0.1) is 0 Å². The van der Waals surface area contributed by atoms with E-state index in [1.54, 1.807) is 0 Å². The third-order valence-electron chi connectivity index (χ3n) is 2.64. The molecule has 0 aliphatic carbocycles. The van der Waals surface area contributed by atoms with E-state index < -0.39 is 8.80 Å². The second kappa shape index (κ2) is 5.30. The molecule has 1 saturated heterocycles. The summed E-state index contributed by atoms with van der Waals surface area (Å²) in [5, 5.41) is 0.534. The van der Waals surface area contributed by atoms with Crippen molar-refractivity contribution in [3.63, 3.8) is 0 Å². The third-order valence-corrected chi connectivity index (χ3v) is 6.78. The highest BCUT2D eigenvalue weighted by atomic mass is 32.1. The summed E-state index contributed by atoms with van der Waals surface area (Å²) in [6.45, 7) is 5.66. The highest BCUT2D eigenvalue weighted by Crippen LogP contribution is 2.22. The van der Waals surface area contributed by atoms with Crippen molar-refractivity contribution in [3.05, 3.63) is 0 Å². The lowest BCUT2D eigenvalue weighted by Gasteiger charge is -2.32. The summed E-state index contributed by atoms with van der Waals surface area (Å²) in [7, 11) is -0.640. The lowest BCUT2D eigenvalue weighted by molar-refractivity contribution is 0.0679. The first-order valence-electron chi connectivity index (χ1n) is 5.05. The lowest BCUT2D eigenvalue weighted by atomic mass is 10.2. The van der Waals surface area contributed by atoms with Crippen LogP contribution in [0.1, 0.15) is 26.2 Å². The minimum absolute atomic E-state index is 0.534. The summed E-state index contributed by atoms with van der Waals surface area (Å²) >= 11 is 4.60. The lowest BCUT2D eigenvalue weighted by Crippen LogP contribution is -2.41. The predicted molar refractivity (Wildman–Crippen MR) is 59.9 cm³/mol. The number of hydrogen-bond donors (Lipinski definition) is 1. The second-order valence-corrected chi connectivity index (χ2v) is 7.66. The predicted octanol–water partition coefficient (Wildman–Crippen LogP) is 2.27. The fourth-order valence-corrected chi connectivity index (χ4v) is 5.76. The van der Waals surface area contributed by atoms with Gasteiger partial charge in [0.05, 0.1) is 14.5 Å². The van der Waals surface area contributed by atoms with E-state index in [4.69, 9.17) is 4.74 Å². The van der Waals surface area contributed by atoms with Gasteiger partial charge in [0.15, 0.2) is 0 Å². The van der Waals surface area contributed by atoms with Gasteiger partial charge in [0.1, 0.15) is 0 Å². The standard InChI is InChI=1S/C9H20OSSi/c1-3-7-12(2)9-8(11)5-4-6-10-9/h8-9,11-12H,3-7H2,1-2H3. The van der Waals surface area contributed by atoms with Crippen LogP contribution in [0.5, 0.6) is 0 Å². The summed E-state index contributed by atoms with van der Waals surface area (Å²) in [6, 6.07) is 1.40. The topological polar surface area (TPSA) is 9.23 Å². The maximum Gasteiger partial charge on any atom is 0.0700 e. The molecule has 3 heteroatoms. The van der Waals surface area contributed by atoms with E-state index in [0.717, 1.165) is 6.61 Å². The molecular formula is C9H20OSSi. The zero-order valence-corrected chi connectivity index (χ0v) is 10.2.